The van der Waals surface area contributed by atoms with Crippen LogP contribution in [0.1, 0.15) is 75.1 Å². The SMILES string of the molecule is Cc1c(C(=O)c2c(C)c(OCCOCCOCCOCCOCCOCCOc3c(C)c(C(=O)c4ccc(N)c(C(=O)O)c4C)n4ccccc34)c3ccccn23)ccc(N)c1C(=O)O. The first-order valence-corrected chi connectivity index (χ1v) is 21.0. The van der Waals surface area contributed by atoms with Crippen molar-refractivity contribution in [1.29, 1.82) is 0 Å². The Hall–Kier alpha value is -6.76. The molecule has 0 saturated carbocycles. The van der Waals surface area contributed by atoms with Gasteiger partial charge in [-0.05, 0) is 87.4 Å². The molecule has 4 heterocycles. The molecule has 0 atom stereocenters. The third kappa shape index (κ3) is 10.8. The molecule has 2 aromatic carbocycles. The van der Waals surface area contributed by atoms with Crippen molar-refractivity contribution in [2.45, 2.75) is 27.7 Å². The highest BCUT2D eigenvalue weighted by Crippen LogP contribution is 2.35. The lowest BCUT2D eigenvalue weighted by Crippen LogP contribution is -2.15. The molecule has 17 heteroatoms. The zero-order valence-corrected chi connectivity index (χ0v) is 36.8. The first kappa shape index (κ1) is 47.7. The Labute approximate surface area is 375 Å². The highest BCUT2D eigenvalue weighted by atomic mass is 16.6. The Morgan fingerprint density at radius 3 is 1.11 bits per heavy atom. The summed E-state index contributed by atoms with van der Waals surface area (Å²) in [5.74, 6) is -2.00. The van der Waals surface area contributed by atoms with Crippen LogP contribution in [0.5, 0.6) is 11.5 Å². The van der Waals surface area contributed by atoms with E-state index in [1.165, 1.54) is 12.1 Å². The quantitative estimate of drug-likeness (QED) is 0.0278. The molecule has 6 aromatic rings. The van der Waals surface area contributed by atoms with Gasteiger partial charge in [0, 0.05) is 46.0 Å². The van der Waals surface area contributed by atoms with Gasteiger partial charge in [-0.3, -0.25) is 9.59 Å². The molecule has 6 rings (SSSR count). The number of hydrogen-bond donors (Lipinski definition) is 4. The number of benzene rings is 2. The number of carbonyl (C=O) groups excluding carboxylic acids is 2. The van der Waals surface area contributed by atoms with Gasteiger partial charge >= 0.3 is 11.9 Å². The molecule has 0 aliphatic heterocycles. The van der Waals surface area contributed by atoms with Crippen molar-refractivity contribution in [3.8, 4) is 11.5 Å². The number of ether oxygens (including phenoxy) is 7. The number of nitrogen functional groups attached to an aromatic ring is 2. The lowest BCUT2D eigenvalue weighted by atomic mass is 9.95. The topological polar surface area (TPSA) is 234 Å². The molecule has 65 heavy (non-hydrogen) atoms. The highest BCUT2D eigenvalue weighted by Gasteiger charge is 2.28. The van der Waals surface area contributed by atoms with Gasteiger partial charge in [0.25, 0.3) is 0 Å². The lowest BCUT2D eigenvalue weighted by molar-refractivity contribution is -0.0141. The molecular formula is C48H54N4O13. The second-order valence-electron chi connectivity index (χ2n) is 14.9. The van der Waals surface area contributed by atoms with Gasteiger partial charge in [0.05, 0.1) is 88.2 Å². The van der Waals surface area contributed by atoms with E-state index in [9.17, 15) is 29.4 Å². The van der Waals surface area contributed by atoms with Crippen molar-refractivity contribution < 1.29 is 62.5 Å². The largest absolute Gasteiger partial charge is 0.489 e. The summed E-state index contributed by atoms with van der Waals surface area (Å²) in [4.78, 5) is 51.2. The number of carboxylic acid groups (broad SMARTS) is 2. The minimum atomic E-state index is -1.20. The summed E-state index contributed by atoms with van der Waals surface area (Å²) >= 11 is 0. The summed E-state index contributed by atoms with van der Waals surface area (Å²) in [6.45, 7) is 10.8. The summed E-state index contributed by atoms with van der Waals surface area (Å²) in [6, 6.07) is 17.0. The van der Waals surface area contributed by atoms with Crippen molar-refractivity contribution in [2.24, 2.45) is 0 Å². The lowest BCUT2D eigenvalue weighted by Gasteiger charge is -2.11. The van der Waals surface area contributed by atoms with Crippen LogP contribution in [0, 0.1) is 27.7 Å². The Balaban J connectivity index is 0.819. The fourth-order valence-electron chi connectivity index (χ4n) is 7.70. The van der Waals surface area contributed by atoms with Gasteiger partial charge < -0.3 is 63.6 Å². The third-order valence-electron chi connectivity index (χ3n) is 10.8. The molecule has 0 unspecified atom stereocenters. The van der Waals surface area contributed by atoms with Crippen LogP contribution in [0.3, 0.4) is 0 Å². The van der Waals surface area contributed by atoms with E-state index in [2.05, 4.69) is 0 Å². The van der Waals surface area contributed by atoms with Crippen LogP contribution in [0.15, 0.2) is 73.1 Å². The number of anilines is 2. The van der Waals surface area contributed by atoms with Gasteiger partial charge in [0.2, 0.25) is 11.6 Å². The average molecular weight is 895 g/mol. The number of ketones is 2. The monoisotopic (exact) mass is 894 g/mol. The number of fused-ring (bicyclic) bond motifs is 2. The van der Waals surface area contributed by atoms with Crippen molar-refractivity contribution in [1.82, 2.24) is 8.80 Å². The second-order valence-corrected chi connectivity index (χ2v) is 14.9. The van der Waals surface area contributed by atoms with E-state index < -0.39 is 11.9 Å². The van der Waals surface area contributed by atoms with Crippen molar-refractivity contribution >= 4 is 45.9 Å². The fourth-order valence-corrected chi connectivity index (χ4v) is 7.70. The third-order valence-corrected chi connectivity index (χ3v) is 10.8. The molecule has 0 saturated heterocycles. The molecular weight excluding hydrogens is 841 g/mol. The Morgan fingerprint density at radius 1 is 0.462 bits per heavy atom. The molecule has 0 bridgehead atoms. The van der Waals surface area contributed by atoms with Gasteiger partial charge in [-0.1, -0.05) is 12.1 Å². The van der Waals surface area contributed by atoms with E-state index in [4.69, 9.17) is 44.6 Å². The van der Waals surface area contributed by atoms with Gasteiger partial charge in [-0.25, -0.2) is 9.59 Å². The van der Waals surface area contributed by atoms with E-state index in [1.54, 1.807) is 73.2 Å². The van der Waals surface area contributed by atoms with E-state index in [0.29, 0.717) is 109 Å². The van der Waals surface area contributed by atoms with E-state index in [-0.39, 0.29) is 71.6 Å². The Bertz CT molecular complexity index is 2500. The van der Waals surface area contributed by atoms with Crippen LogP contribution < -0.4 is 20.9 Å². The number of nitrogens with two attached hydrogens (primary N) is 2. The molecule has 17 nitrogen and oxygen atoms in total. The molecule has 344 valence electrons. The summed E-state index contributed by atoms with van der Waals surface area (Å²) in [7, 11) is 0. The average Bonchev–Trinajstić information content (AvgIpc) is 3.72. The van der Waals surface area contributed by atoms with Crippen molar-refractivity contribution in [2.75, 3.05) is 90.7 Å². The maximum Gasteiger partial charge on any atom is 0.338 e. The van der Waals surface area contributed by atoms with Crippen LogP contribution in [-0.4, -0.2) is 122 Å². The number of carboxylic acids is 2. The van der Waals surface area contributed by atoms with Crippen LogP contribution in [-0.2, 0) is 23.7 Å². The summed E-state index contributed by atoms with van der Waals surface area (Å²) < 4.78 is 43.8. The van der Waals surface area contributed by atoms with Gasteiger partial charge in [0.1, 0.15) is 36.1 Å². The standard InChI is InChI=1S/C48H54N4O13/c1-29-33(11-13-35(49)39(29)47(55)56)43(53)41-31(3)45(37-9-5-7-15-51(37)41)64-27-25-62-23-21-60-19-17-59-18-20-61-22-24-63-26-28-65-46-32(4)42(52-16-8-6-10-38(46)52)44(54)34-12-14-36(50)40(30(34)2)48(57)58/h5-16H,17-28,49-50H2,1-4H3,(H,55,56)(H,57,58). The number of nitrogens with zero attached hydrogens (tertiary/aromatic N) is 2. The Morgan fingerprint density at radius 2 is 0.785 bits per heavy atom. The Kier molecular flexibility index (Phi) is 16.3. The van der Waals surface area contributed by atoms with Crippen molar-refractivity contribution in [3.63, 3.8) is 0 Å². The van der Waals surface area contributed by atoms with Crippen molar-refractivity contribution in [3.05, 3.63) is 129 Å². The molecule has 4 aromatic heterocycles. The van der Waals surface area contributed by atoms with Gasteiger partial charge in [0.15, 0.2) is 0 Å². The number of hydrogen-bond acceptors (Lipinski definition) is 13. The first-order chi connectivity index (χ1) is 31.3. The summed E-state index contributed by atoms with van der Waals surface area (Å²) in [6.07, 6.45) is 3.53. The minimum Gasteiger partial charge on any atom is -0.489 e. The fraction of sp³-hybridized carbons (Fsp3) is 0.333. The first-order valence-electron chi connectivity index (χ1n) is 21.0. The van der Waals surface area contributed by atoms with E-state index in [0.717, 1.165) is 0 Å². The van der Waals surface area contributed by atoms with Gasteiger partial charge in [-0.2, -0.15) is 0 Å². The number of carbonyl (C=O) groups is 4. The molecule has 0 radical (unpaired) electrons. The van der Waals surface area contributed by atoms with Crippen LogP contribution in [0.25, 0.3) is 11.0 Å². The van der Waals surface area contributed by atoms with E-state index in [1.807, 2.05) is 24.3 Å². The summed E-state index contributed by atoms with van der Waals surface area (Å²) in [5.41, 5.74) is 16.3. The zero-order chi connectivity index (χ0) is 46.6. The maximum absolute atomic E-state index is 13.8. The predicted molar refractivity (Wildman–Crippen MR) is 241 cm³/mol. The molecule has 0 amide bonds. The molecule has 0 aliphatic rings. The minimum absolute atomic E-state index is 0.0916. The maximum atomic E-state index is 13.8. The number of aromatic nitrogens is 2. The van der Waals surface area contributed by atoms with Crippen LogP contribution >= 0.6 is 0 Å². The molecule has 6 N–H and O–H groups in total. The molecule has 0 aliphatic carbocycles. The second kappa shape index (κ2) is 22.2. The van der Waals surface area contributed by atoms with Crippen LogP contribution in [0.2, 0.25) is 0 Å². The van der Waals surface area contributed by atoms with Gasteiger partial charge in [-0.15, -0.1) is 0 Å². The van der Waals surface area contributed by atoms with Crippen LogP contribution in [0.4, 0.5) is 11.4 Å². The number of aromatic carboxylic acids is 2. The van der Waals surface area contributed by atoms with E-state index >= 15 is 0 Å². The highest BCUT2D eigenvalue weighted by molar-refractivity contribution is 6.14. The number of rotatable bonds is 26. The molecule has 0 spiro atoms. The number of pyridine rings is 2. The molecule has 0 fully saturated rings. The smallest absolute Gasteiger partial charge is 0.338 e. The zero-order valence-electron chi connectivity index (χ0n) is 36.8. The normalized spacial score (nSPS) is 11.4. The summed E-state index contributed by atoms with van der Waals surface area (Å²) in [5, 5.41) is 19.3. The predicted octanol–water partition coefficient (Wildman–Crippen LogP) is 5.99.